The van der Waals surface area contributed by atoms with Gasteiger partial charge in [0.25, 0.3) is 0 Å². The minimum Gasteiger partial charge on any atom is -0.469 e. The summed E-state index contributed by atoms with van der Waals surface area (Å²) in [6.45, 7) is 9.86. The molecule has 0 aliphatic carbocycles. The molecule has 0 fully saturated rings. The van der Waals surface area contributed by atoms with Crippen molar-refractivity contribution in [3.05, 3.63) is 24.8 Å². The van der Waals surface area contributed by atoms with E-state index in [-0.39, 0.29) is 17.3 Å². The molecule has 0 aliphatic rings. The van der Waals surface area contributed by atoms with Crippen LogP contribution in [0.2, 0.25) is 0 Å². The van der Waals surface area contributed by atoms with Crippen LogP contribution in [0.5, 0.6) is 0 Å². The van der Waals surface area contributed by atoms with Gasteiger partial charge in [-0.2, -0.15) is 0 Å². The molecule has 0 bridgehead atoms. The topological polar surface area (TPSA) is 26.3 Å². The number of rotatable bonds is 5. The number of methoxy groups -OCH3 is 1. The normalized spacial score (nSPS) is 14.0. The Labute approximate surface area is 86.6 Å². The number of hydrogen-bond acceptors (Lipinski definition) is 2. The van der Waals surface area contributed by atoms with E-state index in [0.717, 1.165) is 0 Å². The molecular formula is C12H20O2. The maximum atomic E-state index is 11.1. The van der Waals surface area contributed by atoms with Gasteiger partial charge >= 0.3 is 5.97 Å². The molecule has 0 amide bonds. The fourth-order valence-corrected chi connectivity index (χ4v) is 1.08. The fourth-order valence-electron chi connectivity index (χ4n) is 1.08. The Balaban J connectivity index is 4.33. The van der Waals surface area contributed by atoms with Gasteiger partial charge in [0.1, 0.15) is 0 Å². The molecule has 0 aromatic heterocycles. The van der Waals surface area contributed by atoms with E-state index in [2.05, 4.69) is 31.2 Å². The second kappa shape index (κ2) is 5.63. The lowest BCUT2D eigenvalue weighted by molar-refractivity contribution is -0.142. The van der Waals surface area contributed by atoms with Gasteiger partial charge in [0.2, 0.25) is 0 Å². The number of carbonyl (C=O) groups excluding carboxylic acids is 1. The van der Waals surface area contributed by atoms with Gasteiger partial charge in [-0.3, -0.25) is 4.79 Å². The van der Waals surface area contributed by atoms with Gasteiger partial charge in [-0.25, -0.2) is 0 Å². The van der Waals surface area contributed by atoms with Crippen LogP contribution >= 0.6 is 0 Å². The standard InChI is InChI=1S/C12H20O2/c1-6-7-8-12(3,4)10(2)9-11(13)14-5/h6-8,10H,1,9H2,2-5H3. The molecule has 0 aliphatic heterocycles. The van der Waals surface area contributed by atoms with E-state index in [0.29, 0.717) is 6.42 Å². The Kier molecular flexibility index (Phi) is 5.21. The second-order valence-corrected chi connectivity index (χ2v) is 4.10. The lowest BCUT2D eigenvalue weighted by Gasteiger charge is -2.27. The second-order valence-electron chi connectivity index (χ2n) is 4.10. The van der Waals surface area contributed by atoms with Crippen LogP contribution in [0.25, 0.3) is 0 Å². The Morgan fingerprint density at radius 2 is 2.14 bits per heavy atom. The van der Waals surface area contributed by atoms with Crippen LogP contribution in [0.4, 0.5) is 0 Å². The molecule has 0 aromatic rings. The SMILES string of the molecule is C=CC=CC(C)(C)C(C)CC(=O)OC. The summed E-state index contributed by atoms with van der Waals surface area (Å²) in [5.74, 6) is 0.101. The third kappa shape index (κ3) is 4.26. The monoisotopic (exact) mass is 196 g/mol. The maximum absolute atomic E-state index is 11.1. The lowest BCUT2D eigenvalue weighted by Crippen LogP contribution is -2.22. The predicted molar refractivity (Wildman–Crippen MR) is 58.9 cm³/mol. The highest BCUT2D eigenvalue weighted by Crippen LogP contribution is 2.30. The molecule has 1 unspecified atom stereocenters. The Hall–Kier alpha value is -1.05. The molecule has 0 saturated carbocycles. The minimum atomic E-state index is -0.155. The van der Waals surface area contributed by atoms with Gasteiger partial charge in [-0.1, -0.05) is 45.6 Å². The maximum Gasteiger partial charge on any atom is 0.305 e. The van der Waals surface area contributed by atoms with Crippen LogP contribution in [-0.2, 0) is 9.53 Å². The molecule has 2 nitrogen and oxygen atoms in total. The van der Waals surface area contributed by atoms with Gasteiger partial charge in [-0.15, -0.1) is 0 Å². The summed E-state index contributed by atoms with van der Waals surface area (Å²) in [4.78, 5) is 11.1. The number of esters is 1. The fraction of sp³-hybridized carbons (Fsp3) is 0.583. The van der Waals surface area contributed by atoms with Crippen molar-refractivity contribution >= 4 is 5.97 Å². The van der Waals surface area contributed by atoms with E-state index in [4.69, 9.17) is 0 Å². The summed E-state index contributed by atoms with van der Waals surface area (Å²) in [7, 11) is 1.42. The van der Waals surface area contributed by atoms with Crippen molar-refractivity contribution in [3.63, 3.8) is 0 Å². The lowest BCUT2D eigenvalue weighted by atomic mass is 9.78. The summed E-state index contributed by atoms with van der Waals surface area (Å²) in [6, 6.07) is 0. The Morgan fingerprint density at radius 3 is 2.57 bits per heavy atom. The average molecular weight is 196 g/mol. The van der Waals surface area contributed by atoms with E-state index in [1.807, 2.05) is 13.0 Å². The first kappa shape index (κ1) is 12.9. The summed E-state index contributed by atoms with van der Waals surface area (Å²) in [6.07, 6.45) is 6.17. The summed E-state index contributed by atoms with van der Waals surface area (Å²) < 4.78 is 4.64. The number of hydrogen-bond donors (Lipinski definition) is 0. The van der Waals surface area contributed by atoms with Gasteiger partial charge < -0.3 is 4.74 Å². The molecule has 0 heterocycles. The summed E-state index contributed by atoms with van der Waals surface area (Å²) >= 11 is 0. The van der Waals surface area contributed by atoms with E-state index < -0.39 is 0 Å². The zero-order valence-electron chi connectivity index (χ0n) is 9.54. The predicted octanol–water partition coefficient (Wildman–Crippen LogP) is 2.95. The smallest absolute Gasteiger partial charge is 0.305 e. The van der Waals surface area contributed by atoms with Crippen LogP contribution in [-0.4, -0.2) is 13.1 Å². The molecule has 0 radical (unpaired) electrons. The molecule has 0 aromatic carbocycles. The first-order chi connectivity index (χ1) is 6.44. The molecular weight excluding hydrogens is 176 g/mol. The number of allylic oxidation sites excluding steroid dienone is 3. The molecule has 1 atom stereocenters. The molecule has 2 heteroatoms. The molecule has 0 N–H and O–H groups in total. The number of ether oxygens (including phenoxy) is 1. The molecule has 0 spiro atoms. The van der Waals surface area contributed by atoms with Crippen molar-refractivity contribution in [2.24, 2.45) is 11.3 Å². The highest BCUT2D eigenvalue weighted by molar-refractivity contribution is 5.69. The van der Waals surface area contributed by atoms with Crippen LogP contribution in [0.15, 0.2) is 24.8 Å². The molecule has 0 saturated heterocycles. The van der Waals surface area contributed by atoms with E-state index >= 15 is 0 Å². The first-order valence-electron chi connectivity index (χ1n) is 4.81. The van der Waals surface area contributed by atoms with Crippen LogP contribution in [0.1, 0.15) is 27.2 Å². The van der Waals surface area contributed by atoms with E-state index in [1.54, 1.807) is 6.08 Å². The number of carbonyl (C=O) groups is 1. The van der Waals surface area contributed by atoms with Gasteiger partial charge in [0.05, 0.1) is 7.11 Å². The highest BCUT2D eigenvalue weighted by Gasteiger charge is 2.24. The van der Waals surface area contributed by atoms with Gasteiger partial charge in [0, 0.05) is 6.42 Å². The summed E-state index contributed by atoms with van der Waals surface area (Å²) in [5.41, 5.74) is -0.0115. The molecule has 14 heavy (non-hydrogen) atoms. The Morgan fingerprint density at radius 1 is 1.57 bits per heavy atom. The largest absolute Gasteiger partial charge is 0.469 e. The first-order valence-corrected chi connectivity index (χ1v) is 4.81. The Bertz CT molecular complexity index is 226. The average Bonchev–Trinajstić information content (AvgIpc) is 2.14. The van der Waals surface area contributed by atoms with Crippen LogP contribution in [0.3, 0.4) is 0 Å². The van der Waals surface area contributed by atoms with E-state index in [9.17, 15) is 4.79 Å². The molecule has 0 rings (SSSR count). The van der Waals surface area contributed by atoms with Crippen molar-refractivity contribution in [3.8, 4) is 0 Å². The zero-order valence-corrected chi connectivity index (χ0v) is 9.54. The third-order valence-electron chi connectivity index (χ3n) is 2.63. The highest BCUT2D eigenvalue weighted by atomic mass is 16.5. The van der Waals surface area contributed by atoms with Gasteiger partial charge in [0.15, 0.2) is 0 Å². The summed E-state index contributed by atoms with van der Waals surface area (Å²) in [5, 5.41) is 0. The van der Waals surface area contributed by atoms with Crippen molar-refractivity contribution in [2.75, 3.05) is 7.11 Å². The quantitative estimate of drug-likeness (QED) is 0.499. The third-order valence-corrected chi connectivity index (χ3v) is 2.63. The minimum absolute atomic E-state index is 0.0115. The van der Waals surface area contributed by atoms with Crippen LogP contribution in [0, 0.1) is 11.3 Å². The zero-order chi connectivity index (χ0) is 11.2. The van der Waals surface area contributed by atoms with Crippen molar-refractivity contribution in [1.29, 1.82) is 0 Å². The van der Waals surface area contributed by atoms with Crippen LogP contribution < -0.4 is 0 Å². The van der Waals surface area contributed by atoms with E-state index in [1.165, 1.54) is 7.11 Å². The van der Waals surface area contributed by atoms with Crippen molar-refractivity contribution in [2.45, 2.75) is 27.2 Å². The van der Waals surface area contributed by atoms with Crippen molar-refractivity contribution < 1.29 is 9.53 Å². The van der Waals surface area contributed by atoms with Gasteiger partial charge in [-0.05, 0) is 11.3 Å². The molecule has 80 valence electrons. The van der Waals surface area contributed by atoms with Crippen molar-refractivity contribution in [1.82, 2.24) is 0 Å².